The summed E-state index contributed by atoms with van der Waals surface area (Å²) in [4.78, 5) is 24.1. The van der Waals surface area contributed by atoms with Crippen molar-refractivity contribution in [1.82, 2.24) is 0 Å². The van der Waals surface area contributed by atoms with E-state index in [1.807, 2.05) is 6.92 Å². The van der Waals surface area contributed by atoms with Crippen molar-refractivity contribution in [3.05, 3.63) is 35.4 Å². The summed E-state index contributed by atoms with van der Waals surface area (Å²) in [5.41, 5.74) is 0.789. The van der Waals surface area contributed by atoms with Crippen molar-refractivity contribution in [1.29, 1.82) is 0 Å². The van der Waals surface area contributed by atoms with Gasteiger partial charge in [0.25, 0.3) is 0 Å². The van der Waals surface area contributed by atoms with Crippen LogP contribution in [0.4, 0.5) is 0 Å². The van der Waals surface area contributed by atoms with Gasteiger partial charge in [0.1, 0.15) is 0 Å². The number of carbonyl (C=O) groups is 2. The minimum absolute atomic E-state index is 0.379. The third-order valence-corrected chi connectivity index (χ3v) is 4.30. The second-order valence-corrected chi connectivity index (χ2v) is 6.68. The molecule has 0 unspecified atom stereocenters. The first-order valence-corrected chi connectivity index (χ1v) is 10.1. The number of hydrogen-bond donors (Lipinski definition) is 0. The Morgan fingerprint density at radius 1 is 0.692 bits per heavy atom. The molecule has 0 bridgehead atoms. The topological polar surface area (TPSA) is 52.6 Å². The van der Waals surface area contributed by atoms with Gasteiger partial charge in [-0.2, -0.15) is 0 Å². The maximum absolute atomic E-state index is 12.1. The summed E-state index contributed by atoms with van der Waals surface area (Å²) in [6.45, 7) is 5.10. The molecule has 4 nitrogen and oxygen atoms in total. The molecule has 0 spiro atoms. The van der Waals surface area contributed by atoms with Crippen molar-refractivity contribution >= 4 is 11.9 Å². The van der Waals surface area contributed by atoms with Gasteiger partial charge in [-0.15, -0.1) is 0 Å². The van der Waals surface area contributed by atoms with E-state index in [1.165, 1.54) is 38.5 Å². The van der Waals surface area contributed by atoms with Gasteiger partial charge in [0.2, 0.25) is 0 Å². The van der Waals surface area contributed by atoms with E-state index in [1.54, 1.807) is 24.3 Å². The fraction of sp³-hybridized carbons (Fsp3) is 0.636. The van der Waals surface area contributed by atoms with E-state index in [9.17, 15) is 9.59 Å². The molecule has 0 aliphatic carbocycles. The van der Waals surface area contributed by atoms with Gasteiger partial charge in [0, 0.05) is 0 Å². The van der Waals surface area contributed by atoms with E-state index in [0.717, 1.165) is 25.7 Å². The van der Waals surface area contributed by atoms with Crippen LogP contribution in [0, 0.1) is 0 Å². The van der Waals surface area contributed by atoms with E-state index in [0.29, 0.717) is 24.3 Å². The minimum atomic E-state index is -0.392. The largest absolute Gasteiger partial charge is 0.462 e. The smallest absolute Gasteiger partial charge is 0.338 e. The number of unbranched alkanes of at least 4 members (excludes halogenated alkanes) is 8. The molecule has 0 heterocycles. The lowest BCUT2D eigenvalue weighted by Crippen LogP contribution is -2.10. The third kappa shape index (κ3) is 9.59. The van der Waals surface area contributed by atoms with Gasteiger partial charge in [0.05, 0.1) is 24.3 Å². The van der Waals surface area contributed by atoms with Gasteiger partial charge in [-0.1, -0.05) is 71.3 Å². The second-order valence-electron chi connectivity index (χ2n) is 6.68. The first-order valence-electron chi connectivity index (χ1n) is 10.1. The molecular weight excluding hydrogens is 328 g/mol. The summed E-state index contributed by atoms with van der Waals surface area (Å²) in [6.07, 6.45) is 11.5. The zero-order valence-electron chi connectivity index (χ0n) is 16.4. The summed E-state index contributed by atoms with van der Waals surface area (Å²) in [5.74, 6) is -0.771. The van der Waals surface area contributed by atoms with E-state index >= 15 is 0 Å². The average molecular weight is 363 g/mol. The molecule has 0 amide bonds. The van der Waals surface area contributed by atoms with Crippen LogP contribution >= 0.6 is 0 Å². The summed E-state index contributed by atoms with van der Waals surface area (Å²) < 4.78 is 10.5. The normalized spacial score (nSPS) is 10.5. The van der Waals surface area contributed by atoms with Gasteiger partial charge in [-0.05, 0) is 31.0 Å². The van der Waals surface area contributed by atoms with Gasteiger partial charge in [-0.3, -0.25) is 0 Å². The van der Waals surface area contributed by atoms with Crippen molar-refractivity contribution in [3.63, 3.8) is 0 Å². The predicted molar refractivity (Wildman–Crippen MR) is 105 cm³/mol. The molecule has 0 aliphatic heterocycles. The van der Waals surface area contributed by atoms with Crippen LogP contribution in [0.1, 0.15) is 98.8 Å². The molecule has 1 aromatic rings. The van der Waals surface area contributed by atoms with Gasteiger partial charge >= 0.3 is 11.9 Å². The summed E-state index contributed by atoms with van der Waals surface area (Å²) in [5, 5.41) is 0. The SMILES string of the molecule is CCCCCCCCCCOC(=O)c1cccc(C(=O)OCCCC)c1. The maximum atomic E-state index is 12.1. The zero-order valence-corrected chi connectivity index (χ0v) is 16.4. The Kier molecular flexibility index (Phi) is 12.2. The molecule has 0 atom stereocenters. The van der Waals surface area contributed by atoms with Gasteiger partial charge in [-0.25, -0.2) is 9.59 Å². The molecule has 4 heteroatoms. The van der Waals surface area contributed by atoms with Crippen molar-refractivity contribution in [2.75, 3.05) is 13.2 Å². The quantitative estimate of drug-likeness (QED) is 0.303. The molecule has 0 N–H and O–H groups in total. The predicted octanol–water partition coefficient (Wildman–Crippen LogP) is 5.94. The lowest BCUT2D eigenvalue weighted by Gasteiger charge is -2.07. The Balaban J connectivity index is 2.26. The highest BCUT2D eigenvalue weighted by Gasteiger charge is 2.12. The molecule has 146 valence electrons. The van der Waals surface area contributed by atoms with Crippen molar-refractivity contribution in [2.24, 2.45) is 0 Å². The lowest BCUT2D eigenvalue weighted by molar-refractivity contribution is 0.0497. The zero-order chi connectivity index (χ0) is 19.0. The molecule has 26 heavy (non-hydrogen) atoms. The first kappa shape index (κ1) is 22.2. The molecule has 0 radical (unpaired) electrons. The first-order chi connectivity index (χ1) is 12.7. The highest BCUT2D eigenvalue weighted by atomic mass is 16.5. The van der Waals surface area contributed by atoms with Crippen molar-refractivity contribution in [2.45, 2.75) is 78.1 Å². The van der Waals surface area contributed by atoms with Crippen LogP contribution in [0.5, 0.6) is 0 Å². The third-order valence-electron chi connectivity index (χ3n) is 4.30. The Bertz CT molecular complexity index is 525. The van der Waals surface area contributed by atoms with Crippen LogP contribution in [0.15, 0.2) is 24.3 Å². The number of esters is 2. The Morgan fingerprint density at radius 2 is 1.15 bits per heavy atom. The van der Waals surface area contributed by atoms with Crippen LogP contribution in [0.25, 0.3) is 0 Å². The fourth-order valence-electron chi connectivity index (χ4n) is 2.65. The summed E-state index contributed by atoms with van der Waals surface area (Å²) in [6, 6.07) is 6.55. The maximum Gasteiger partial charge on any atom is 0.338 e. The van der Waals surface area contributed by atoms with Crippen LogP contribution < -0.4 is 0 Å². The number of carbonyl (C=O) groups excluding carboxylic acids is 2. The van der Waals surface area contributed by atoms with Crippen LogP contribution in [0.3, 0.4) is 0 Å². The van der Waals surface area contributed by atoms with Crippen LogP contribution in [-0.2, 0) is 9.47 Å². The molecule has 0 saturated heterocycles. The van der Waals surface area contributed by atoms with Crippen molar-refractivity contribution in [3.8, 4) is 0 Å². The van der Waals surface area contributed by atoms with E-state index in [4.69, 9.17) is 9.47 Å². The number of ether oxygens (including phenoxy) is 2. The molecule has 0 aliphatic rings. The van der Waals surface area contributed by atoms with Crippen LogP contribution in [0.2, 0.25) is 0 Å². The summed E-state index contributed by atoms with van der Waals surface area (Å²) in [7, 11) is 0. The molecule has 0 fully saturated rings. The molecule has 0 saturated carbocycles. The van der Waals surface area contributed by atoms with E-state index in [-0.39, 0.29) is 5.97 Å². The Labute approximate surface area is 158 Å². The van der Waals surface area contributed by atoms with E-state index in [2.05, 4.69) is 6.92 Å². The fourth-order valence-corrected chi connectivity index (χ4v) is 2.65. The minimum Gasteiger partial charge on any atom is -0.462 e. The van der Waals surface area contributed by atoms with Crippen LogP contribution in [-0.4, -0.2) is 25.2 Å². The number of hydrogen-bond acceptors (Lipinski definition) is 4. The standard InChI is InChI=1S/C22H34O4/c1-3-5-7-8-9-10-11-12-17-26-22(24)20-15-13-14-19(18-20)21(23)25-16-6-4-2/h13-15,18H,3-12,16-17H2,1-2H3. The molecule has 0 aromatic heterocycles. The van der Waals surface area contributed by atoms with E-state index < -0.39 is 5.97 Å². The molecular formula is C22H34O4. The Morgan fingerprint density at radius 3 is 1.69 bits per heavy atom. The molecule has 1 aromatic carbocycles. The number of benzene rings is 1. The Hall–Kier alpha value is -1.84. The monoisotopic (exact) mass is 362 g/mol. The van der Waals surface area contributed by atoms with Crippen molar-refractivity contribution < 1.29 is 19.1 Å². The number of rotatable bonds is 14. The van der Waals surface area contributed by atoms with Gasteiger partial charge < -0.3 is 9.47 Å². The average Bonchev–Trinajstić information content (AvgIpc) is 2.66. The highest BCUT2D eigenvalue weighted by Crippen LogP contribution is 2.11. The highest BCUT2D eigenvalue weighted by molar-refractivity contribution is 5.95. The van der Waals surface area contributed by atoms with Gasteiger partial charge in [0.15, 0.2) is 0 Å². The second kappa shape index (κ2) is 14.3. The summed E-state index contributed by atoms with van der Waals surface area (Å²) >= 11 is 0. The molecule has 1 rings (SSSR count). The lowest BCUT2D eigenvalue weighted by atomic mass is 10.1.